The van der Waals surface area contributed by atoms with E-state index in [-0.39, 0.29) is 19.4 Å². The highest BCUT2D eigenvalue weighted by Crippen LogP contribution is 2.45. The Hall–Kier alpha value is -4.40. The molecular weight excluding hydrogens is 642 g/mol. The molecule has 4 aliphatic rings. The van der Waals surface area contributed by atoms with Crippen LogP contribution in [0.2, 0.25) is 0 Å². The standard InChI is InChI=1S/C33H41N5O9S/c1-4-21-17-33(21,30(41)37-48(43,44)24-8-9-24)36-28(40)26-16-23(46-29-25-10-7-22(45-3)15-20(25)11-14-34-29)19-38(26)27(39)18-35-31(42)47-32(2)12-5-6-13-32/h4,7,10-11,14-15,21,23-24,26H,1,5-6,8-9,12-13,16-19H2,2-3H3,(H,35,42)(H,36,40)(H,37,41)/t21-,23-,26+,33-/m1/s1. The molecule has 1 aromatic carbocycles. The van der Waals surface area contributed by atoms with Crippen molar-refractivity contribution >= 4 is 44.6 Å². The van der Waals surface area contributed by atoms with Gasteiger partial charge in [-0.25, -0.2) is 18.2 Å². The number of nitrogens with zero attached hydrogens (tertiary/aromatic N) is 2. The van der Waals surface area contributed by atoms with Crippen molar-refractivity contribution in [1.29, 1.82) is 0 Å². The van der Waals surface area contributed by atoms with E-state index in [1.807, 2.05) is 19.1 Å². The largest absolute Gasteiger partial charge is 0.497 e. The molecule has 3 N–H and O–H groups in total. The van der Waals surface area contributed by atoms with Gasteiger partial charge in [0.2, 0.25) is 27.7 Å². The first-order valence-electron chi connectivity index (χ1n) is 16.2. The number of hydrogen-bond donors (Lipinski definition) is 3. The van der Waals surface area contributed by atoms with Crippen LogP contribution in [0.3, 0.4) is 0 Å². The highest BCUT2D eigenvalue weighted by Gasteiger charge is 2.62. The number of nitrogens with one attached hydrogen (secondary N) is 3. The summed E-state index contributed by atoms with van der Waals surface area (Å²) in [6.07, 6.45) is 6.18. The maximum absolute atomic E-state index is 13.9. The highest BCUT2D eigenvalue weighted by molar-refractivity contribution is 7.91. The predicted molar refractivity (Wildman–Crippen MR) is 173 cm³/mol. The van der Waals surface area contributed by atoms with Crippen LogP contribution in [0, 0.1) is 5.92 Å². The second kappa shape index (κ2) is 12.9. The van der Waals surface area contributed by atoms with Crippen LogP contribution in [0.4, 0.5) is 4.79 Å². The van der Waals surface area contributed by atoms with Crippen LogP contribution in [-0.4, -0.2) is 90.9 Å². The molecule has 48 heavy (non-hydrogen) atoms. The monoisotopic (exact) mass is 683 g/mol. The number of carbonyl (C=O) groups excluding carboxylic acids is 4. The van der Waals surface area contributed by atoms with Gasteiger partial charge >= 0.3 is 6.09 Å². The summed E-state index contributed by atoms with van der Waals surface area (Å²) in [4.78, 5) is 59.1. The molecule has 1 aromatic heterocycles. The van der Waals surface area contributed by atoms with E-state index in [2.05, 4.69) is 26.9 Å². The van der Waals surface area contributed by atoms with Crippen molar-refractivity contribution in [2.75, 3.05) is 20.2 Å². The number of fused-ring (bicyclic) bond motifs is 1. The second-order valence-corrected chi connectivity index (χ2v) is 15.3. The van der Waals surface area contributed by atoms with E-state index >= 15 is 0 Å². The van der Waals surface area contributed by atoms with E-state index in [0.29, 0.717) is 29.9 Å². The predicted octanol–water partition coefficient (Wildman–Crippen LogP) is 2.32. The van der Waals surface area contributed by atoms with Crippen LogP contribution in [0.1, 0.15) is 58.3 Å². The average molecular weight is 684 g/mol. The Labute approximate surface area is 279 Å². The Kier molecular flexibility index (Phi) is 9.00. The Morgan fingerprint density at radius 2 is 1.90 bits per heavy atom. The van der Waals surface area contributed by atoms with E-state index in [4.69, 9.17) is 14.2 Å². The van der Waals surface area contributed by atoms with E-state index in [0.717, 1.165) is 31.1 Å². The van der Waals surface area contributed by atoms with Gasteiger partial charge < -0.3 is 29.7 Å². The zero-order chi connectivity index (χ0) is 34.3. The number of carbonyl (C=O) groups is 4. The van der Waals surface area contributed by atoms with Gasteiger partial charge in [-0.3, -0.25) is 19.1 Å². The Morgan fingerprint density at radius 1 is 1.15 bits per heavy atom. The molecule has 1 saturated heterocycles. The van der Waals surface area contributed by atoms with Crippen LogP contribution < -0.4 is 24.8 Å². The van der Waals surface area contributed by atoms with Crippen LogP contribution in [-0.2, 0) is 29.1 Å². The normalized spacial score (nSPS) is 26.0. The summed E-state index contributed by atoms with van der Waals surface area (Å²) < 4.78 is 44.4. The van der Waals surface area contributed by atoms with E-state index < -0.39 is 74.8 Å². The molecule has 2 aromatic rings. The van der Waals surface area contributed by atoms with E-state index in [9.17, 15) is 27.6 Å². The van der Waals surface area contributed by atoms with Crippen molar-refractivity contribution in [3.63, 3.8) is 0 Å². The number of ether oxygens (including phenoxy) is 3. The minimum atomic E-state index is -3.87. The number of likely N-dealkylation sites (tertiary alicyclic amines) is 1. The number of pyridine rings is 1. The number of benzene rings is 1. The number of rotatable bonds is 12. The average Bonchev–Trinajstić information content (AvgIpc) is 3.95. The highest BCUT2D eigenvalue weighted by atomic mass is 32.2. The first kappa shape index (κ1) is 33.5. The summed E-state index contributed by atoms with van der Waals surface area (Å²) in [5, 5.41) is 6.15. The lowest BCUT2D eigenvalue weighted by atomic mass is 10.1. The van der Waals surface area contributed by atoms with Crippen molar-refractivity contribution in [1.82, 2.24) is 25.2 Å². The molecule has 15 heteroatoms. The van der Waals surface area contributed by atoms with Crippen molar-refractivity contribution < 1.29 is 41.8 Å². The molecule has 0 bridgehead atoms. The number of sulfonamides is 1. The maximum Gasteiger partial charge on any atom is 0.408 e. The van der Waals surface area contributed by atoms with Gasteiger partial charge in [0.15, 0.2) is 0 Å². The summed E-state index contributed by atoms with van der Waals surface area (Å²) >= 11 is 0. The molecule has 14 nitrogen and oxygen atoms in total. The fourth-order valence-electron chi connectivity index (χ4n) is 6.67. The number of amides is 4. The van der Waals surface area contributed by atoms with Crippen molar-refractivity contribution in [2.45, 2.75) is 86.8 Å². The molecule has 6 rings (SSSR count). The number of methoxy groups -OCH3 is 1. The van der Waals surface area contributed by atoms with Gasteiger partial charge in [-0.2, -0.15) is 0 Å². The molecule has 0 radical (unpaired) electrons. The summed E-state index contributed by atoms with van der Waals surface area (Å²) in [6, 6.07) is 6.12. The lowest BCUT2D eigenvalue weighted by molar-refractivity contribution is -0.139. The van der Waals surface area contributed by atoms with Gasteiger partial charge in [-0.1, -0.05) is 6.08 Å². The first-order valence-corrected chi connectivity index (χ1v) is 17.8. The van der Waals surface area contributed by atoms with Crippen molar-refractivity contribution in [2.24, 2.45) is 5.92 Å². The third kappa shape index (κ3) is 6.91. The van der Waals surface area contributed by atoms with Crippen LogP contribution in [0.5, 0.6) is 11.6 Å². The van der Waals surface area contributed by atoms with E-state index in [1.165, 1.54) is 11.0 Å². The van der Waals surface area contributed by atoms with E-state index in [1.54, 1.807) is 25.4 Å². The quantitative estimate of drug-likeness (QED) is 0.281. The minimum absolute atomic E-state index is 0.0142. The summed E-state index contributed by atoms with van der Waals surface area (Å²) in [5.74, 6) is -1.60. The molecule has 4 fully saturated rings. The molecular formula is C33H41N5O9S. The van der Waals surface area contributed by atoms with Crippen molar-refractivity contribution in [3.8, 4) is 11.6 Å². The fraction of sp³-hybridized carbons (Fsp3) is 0.545. The van der Waals surface area contributed by atoms with Gasteiger partial charge in [0.25, 0.3) is 5.91 Å². The van der Waals surface area contributed by atoms with Gasteiger partial charge in [0.05, 0.1) is 18.9 Å². The van der Waals surface area contributed by atoms with Gasteiger partial charge in [-0.05, 0) is 81.5 Å². The third-order valence-electron chi connectivity index (χ3n) is 9.73. The minimum Gasteiger partial charge on any atom is -0.497 e. The smallest absolute Gasteiger partial charge is 0.408 e. The first-order chi connectivity index (χ1) is 22.9. The molecule has 4 amide bonds. The summed E-state index contributed by atoms with van der Waals surface area (Å²) in [6.45, 7) is 5.15. The van der Waals surface area contributed by atoms with Gasteiger partial charge in [0.1, 0.15) is 35.6 Å². The van der Waals surface area contributed by atoms with Crippen LogP contribution >= 0.6 is 0 Å². The van der Waals surface area contributed by atoms with Gasteiger partial charge in [0, 0.05) is 23.9 Å². The molecule has 0 spiro atoms. The molecule has 2 heterocycles. The zero-order valence-electron chi connectivity index (χ0n) is 27.0. The number of alkyl carbamates (subject to hydrolysis) is 1. The van der Waals surface area contributed by atoms with Crippen LogP contribution in [0.25, 0.3) is 10.8 Å². The number of aromatic nitrogens is 1. The molecule has 3 aliphatic carbocycles. The SMILES string of the molecule is C=C[C@@H]1C[C@]1(NC(=O)[C@@H]1C[C@@H](Oc2nccc3cc(OC)ccc23)CN1C(=O)CNC(=O)OC1(C)CCCC1)C(=O)NS(=O)(=O)C1CC1. The van der Waals surface area contributed by atoms with Crippen LogP contribution in [0.15, 0.2) is 43.1 Å². The van der Waals surface area contributed by atoms with Gasteiger partial charge in [-0.15, -0.1) is 6.58 Å². The lowest BCUT2D eigenvalue weighted by Gasteiger charge is -2.27. The Bertz CT molecular complexity index is 1740. The Balaban J connectivity index is 1.19. The molecule has 1 aliphatic heterocycles. The molecule has 3 saturated carbocycles. The molecule has 0 unspecified atom stereocenters. The molecule has 4 atom stereocenters. The summed E-state index contributed by atoms with van der Waals surface area (Å²) in [7, 11) is -2.30. The van der Waals surface area contributed by atoms with Crippen molar-refractivity contribution in [3.05, 3.63) is 43.1 Å². The number of hydrogen-bond acceptors (Lipinski definition) is 10. The fourth-order valence-corrected chi connectivity index (χ4v) is 8.03. The lowest BCUT2D eigenvalue weighted by Crippen LogP contribution is -2.57. The zero-order valence-corrected chi connectivity index (χ0v) is 27.8. The third-order valence-corrected chi connectivity index (χ3v) is 11.6. The summed E-state index contributed by atoms with van der Waals surface area (Å²) in [5.41, 5.74) is -2.12. The second-order valence-electron chi connectivity index (χ2n) is 13.3. The maximum atomic E-state index is 13.9. The Morgan fingerprint density at radius 3 is 2.56 bits per heavy atom. The molecule has 258 valence electrons. The topological polar surface area (TPSA) is 182 Å².